The average molecular weight is 588 g/mol. The highest BCUT2D eigenvalue weighted by atomic mass is 19.4. The first-order chi connectivity index (χ1) is 19.5. The van der Waals surface area contributed by atoms with E-state index >= 15 is 0 Å². The Balaban J connectivity index is 1.56. The highest BCUT2D eigenvalue weighted by Crippen LogP contribution is 2.31. The summed E-state index contributed by atoms with van der Waals surface area (Å²) in [5.41, 5.74) is 0.251. The van der Waals surface area contributed by atoms with E-state index < -0.39 is 11.7 Å². The molecule has 2 aliphatic heterocycles. The number of likely N-dealkylation sites (N-methyl/N-ethyl adjacent to an activating group) is 1. The Hall–Kier alpha value is -2.48. The van der Waals surface area contributed by atoms with Gasteiger partial charge in [0.25, 0.3) is 0 Å². The number of halogens is 3. The van der Waals surface area contributed by atoms with Crippen molar-refractivity contribution < 1.29 is 37.0 Å². The Morgan fingerprint density at radius 3 is 2.73 bits per heavy atom. The highest BCUT2D eigenvalue weighted by Gasteiger charge is 2.33. The maximum atomic E-state index is 13.2. The van der Waals surface area contributed by atoms with Gasteiger partial charge in [0.1, 0.15) is 6.61 Å². The molecule has 3 heterocycles. The summed E-state index contributed by atoms with van der Waals surface area (Å²) < 4.78 is 56.0. The molecule has 1 saturated heterocycles. The minimum atomic E-state index is -4.48. The van der Waals surface area contributed by atoms with Crippen LogP contribution in [0.5, 0.6) is 0 Å². The lowest BCUT2D eigenvalue weighted by Gasteiger charge is -2.35. The number of amides is 2. The van der Waals surface area contributed by atoms with E-state index in [0.717, 1.165) is 25.1 Å². The fourth-order valence-corrected chi connectivity index (χ4v) is 5.09. The molecule has 0 aliphatic carbocycles. The highest BCUT2D eigenvalue weighted by molar-refractivity contribution is 5.76. The Morgan fingerprint density at radius 2 is 2.02 bits per heavy atom. The maximum Gasteiger partial charge on any atom is 0.417 e. The summed E-state index contributed by atoms with van der Waals surface area (Å²) in [4.78, 5) is 34.5. The van der Waals surface area contributed by atoms with Crippen molar-refractivity contribution in [2.24, 2.45) is 0 Å². The summed E-state index contributed by atoms with van der Waals surface area (Å²) in [6, 6.07) is 1.15. The lowest BCUT2D eigenvalue weighted by molar-refractivity contribution is -0.137. The summed E-state index contributed by atoms with van der Waals surface area (Å²) in [6.07, 6.45) is -0.669. The lowest BCUT2D eigenvalue weighted by atomic mass is 9.99. The molecule has 0 spiro atoms. The first-order valence-electron chi connectivity index (χ1n) is 14.2. The molecule has 3 atom stereocenters. The van der Waals surface area contributed by atoms with Gasteiger partial charge in [0.2, 0.25) is 5.91 Å². The quantitative estimate of drug-likeness (QED) is 0.377. The number of pyridine rings is 1. The topological polar surface area (TPSA) is 96.5 Å². The number of alkyl halides is 3. The fraction of sp³-hybridized carbons (Fsp3) is 0.750. The van der Waals surface area contributed by atoms with Gasteiger partial charge in [0.15, 0.2) is 0 Å². The number of nitrogens with zero attached hydrogens (tertiary/aromatic N) is 4. The molecule has 1 aromatic rings. The largest absolute Gasteiger partial charge is 0.448 e. The third-order valence-corrected chi connectivity index (χ3v) is 7.60. The van der Waals surface area contributed by atoms with Crippen LogP contribution in [0.4, 0.5) is 18.0 Å². The Kier molecular flexibility index (Phi) is 12.6. The van der Waals surface area contributed by atoms with Crippen molar-refractivity contribution >= 4 is 12.0 Å². The number of hydrogen-bond acceptors (Lipinski definition) is 8. The van der Waals surface area contributed by atoms with Gasteiger partial charge in [-0.3, -0.25) is 9.78 Å². The maximum absolute atomic E-state index is 13.2. The second kappa shape index (κ2) is 15.7. The zero-order valence-electron chi connectivity index (χ0n) is 24.5. The van der Waals surface area contributed by atoms with Crippen molar-refractivity contribution in [1.29, 1.82) is 0 Å². The first kappa shape index (κ1) is 33.0. The molecule has 0 aromatic carbocycles. The molecule has 1 fully saturated rings. The van der Waals surface area contributed by atoms with Gasteiger partial charge in [-0.05, 0) is 51.4 Å². The molecule has 10 nitrogen and oxygen atoms in total. The second-order valence-electron chi connectivity index (χ2n) is 11.0. The molecule has 41 heavy (non-hydrogen) atoms. The van der Waals surface area contributed by atoms with Crippen LogP contribution in [0.1, 0.15) is 48.9 Å². The van der Waals surface area contributed by atoms with Crippen LogP contribution in [0, 0.1) is 0 Å². The Bertz CT molecular complexity index is 996. The van der Waals surface area contributed by atoms with Crippen molar-refractivity contribution in [2.45, 2.75) is 69.4 Å². The fourth-order valence-electron chi connectivity index (χ4n) is 5.09. The minimum absolute atomic E-state index is 0.0200. The van der Waals surface area contributed by atoms with Crippen LogP contribution in [0.2, 0.25) is 0 Å². The second-order valence-corrected chi connectivity index (χ2v) is 11.0. The van der Waals surface area contributed by atoms with Gasteiger partial charge < -0.3 is 34.2 Å². The van der Waals surface area contributed by atoms with Crippen LogP contribution in [-0.2, 0) is 38.1 Å². The molecule has 0 bridgehead atoms. The number of aromatic nitrogens is 1. The van der Waals surface area contributed by atoms with E-state index in [4.69, 9.17) is 14.2 Å². The van der Waals surface area contributed by atoms with Crippen LogP contribution in [0.15, 0.2) is 12.3 Å². The number of carbonyl (C=O) groups is 2. The molecule has 0 saturated carbocycles. The molecular formula is C28H44F3N5O5. The van der Waals surface area contributed by atoms with Gasteiger partial charge in [-0.15, -0.1) is 0 Å². The molecule has 3 rings (SSSR count). The van der Waals surface area contributed by atoms with Crippen molar-refractivity contribution in [3.8, 4) is 0 Å². The Labute approximate surface area is 240 Å². The van der Waals surface area contributed by atoms with Gasteiger partial charge in [0.05, 0.1) is 18.3 Å². The van der Waals surface area contributed by atoms with Crippen molar-refractivity contribution in [3.63, 3.8) is 0 Å². The molecule has 2 amide bonds. The van der Waals surface area contributed by atoms with Crippen LogP contribution < -0.4 is 5.32 Å². The smallest absolute Gasteiger partial charge is 0.417 e. The SMILES string of the molecule is COC1COCCC1NC(CCCN(C)C(=O)OCCN(C)C)CCC(=O)N1CCc2ncc(C(F)(F)F)cc2C1. The van der Waals surface area contributed by atoms with Crippen molar-refractivity contribution in [3.05, 3.63) is 29.1 Å². The molecule has 232 valence electrons. The third kappa shape index (κ3) is 10.4. The van der Waals surface area contributed by atoms with Gasteiger partial charge >= 0.3 is 12.3 Å². The van der Waals surface area contributed by atoms with E-state index in [2.05, 4.69) is 10.3 Å². The van der Waals surface area contributed by atoms with E-state index in [1.165, 1.54) is 0 Å². The number of carbonyl (C=O) groups excluding carboxylic acids is 2. The predicted octanol–water partition coefficient (Wildman–Crippen LogP) is 2.94. The number of ether oxygens (including phenoxy) is 3. The van der Waals surface area contributed by atoms with E-state index in [9.17, 15) is 22.8 Å². The Morgan fingerprint density at radius 1 is 1.24 bits per heavy atom. The third-order valence-electron chi connectivity index (χ3n) is 7.60. The zero-order valence-corrected chi connectivity index (χ0v) is 24.5. The average Bonchev–Trinajstić information content (AvgIpc) is 2.94. The first-order valence-corrected chi connectivity index (χ1v) is 14.2. The monoisotopic (exact) mass is 587 g/mol. The van der Waals surface area contributed by atoms with Gasteiger partial charge in [-0.25, -0.2) is 4.79 Å². The number of nitrogens with one attached hydrogen (secondary N) is 1. The number of hydrogen-bond donors (Lipinski definition) is 1. The van der Waals surface area contributed by atoms with Gasteiger partial charge in [-0.1, -0.05) is 0 Å². The number of rotatable bonds is 13. The van der Waals surface area contributed by atoms with Gasteiger partial charge in [0, 0.05) is 83.8 Å². The van der Waals surface area contributed by atoms with E-state index in [1.54, 1.807) is 24.0 Å². The van der Waals surface area contributed by atoms with Crippen LogP contribution in [0.25, 0.3) is 0 Å². The minimum Gasteiger partial charge on any atom is -0.448 e. The molecule has 3 unspecified atom stereocenters. The summed E-state index contributed by atoms with van der Waals surface area (Å²) in [7, 11) is 7.17. The van der Waals surface area contributed by atoms with E-state index in [-0.39, 0.29) is 43.2 Å². The van der Waals surface area contributed by atoms with Crippen LogP contribution >= 0.6 is 0 Å². The summed E-state index contributed by atoms with van der Waals surface area (Å²) >= 11 is 0. The standard InChI is InChI=1S/C28H44F3N5O5/c1-34(2)13-15-41-27(38)35(3)11-5-6-22(33-24-10-14-40-19-25(24)39-4)7-8-26(37)36-12-9-23-20(18-36)16-21(17-32-23)28(29,30)31/h16-17,22,24-25,33H,5-15,18-19H2,1-4H3. The number of methoxy groups -OCH3 is 1. The van der Waals surface area contributed by atoms with Crippen LogP contribution in [0.3, 0.4) is 0 Å². The normalized spacial score (nSPS) is 20.0. The summed E-state index contributed by atoms with van der Waals surface area (Å²) in [5.74, 6) is -0.100. The summed E-state index contributed by atoms with van der Waals surface area (Å²) in [5, 5.41) is 3.65. The number of fused-ring (bicyclic) bond motifs is 1. The van der Waals surface area contributed by atoms with E-state index in [1.807, 2.05) is 19.0 Å². The predicted molar refractivity (Wildman–Crippen MR) is 146 cm³/mol. The molecule has 1 aromatic heterocycles. The molecule has 1 N–H and O–H groups in total. The summed E-state index contributed by atoms with van der Waals surface area (Å²) in [6.45, 7) is 3.12. The molecule has 0 radical (unpaired) electrons. The lowest BCUT2D eigenvalue weighted by Crippen LogP contribution is -2.51. The van der Waals surface area contributed by atoms with Gasteiger partial charge in [-0.2, -0.15) is 13.2 Å². The molecule has 2 aliphatic rings. The molecular weight excluding hydrogens is 543 g/mol. The van der Waals surface area contributed by atoms with E-state index in [0.29, 0.717) is 70.0 Å². The van der Waals surface area contributed by atoms with Crippen molar-refractivity contribution in [2.75, 3.05) is 67.7 Å². The molecule has 13 heteroatoms. The zero-order chi connectivity index (χ0) is 30.0. The van der Waals surface area contributed by atoms with Crippen molar-refractivity contribution in [1.82, 2.24) is 25.0 Å². The van der Waals surface area contributed by atoms with Crippen LogP contribution in [-0.4, -0.2) is 118 Å².